The third kappa shape index (κ3) is 21.2. The SMILES string of the molecule is CO[C@H]1O[C@H](COS(=O)(=O)O)[C@@H](O[C@@H]2O[C@@H](C(=O)O)[C@@H](O[C@H]3O[C@H](COS(=O)(=O)O)[C@@H](O[C@@H]4O[C@H](C(=O)O)[C@@H](O[C@H]5O[C@H](COS(=O)(=O)O)[C@@H](O)[C@H](O)[C@H]5NS(=O)(=O)O)[C@H](O)[C@H]4O)[C@H](O)[C@H]3NS(=O)(=O)O)[C@H](O)[C@H]2OS(=O)(=O)O)[C@H](O)[C@H]1NS(=O)(=O)O. The van der Waals surface area contributed by atoms with E-state index >= 15 is 0 Å². The molecule has 5 heterocycles. The Labute approximate surface area is 487 Å². The molecule has 5 aliphatic heterocycles. The van der Waals surface area contributed by atoms with Crippen LogP contribution in [0.1, 0.15) is 0 Å². The van der Waals surface area contributed by atoms with Gasteiger partial charge in [-0.25, -0.2) is 26.3 Å². The molecule has 0 aromatic rings. The first kappa shape index (κ1) is 75.1. The summed E-state index contributed by atoms with van der Waals surface area (Å²) in [5, 5.41) is 99.1. The fraction of sp³-hybridized carbons (Fsp3) is 0.935. The minimum absolute atomic E-state index is 0.765. The molecular formula is C31H53N3O46S7. The van der Waals surface area contributed by atoms with Gasteiger partial charge in [-0.3, -0.25) is 31.9 Å². The Hall–Kier alpha value is -2.65. The average Bonchev–Trinajstić information content (AvgIpc) is 1.15. The summed E-state index contributed by atoms with van der Waals surface area (Å²) in [6.07, 6.45) is -60.4. The molecule has 19 N–H and O–H groups in total. The van der Waals surface area contributed by atoms with Crippen LogP contribution in [0.25, 0.3) is 0 Å². The first-order valence-corrected chi connectivity index (χ1v) is 32.7. The highest BCUT2D eigenvalue weighted by atomic mass is 32.3. The minimum atomic E-state index is -6.07. The lowest BCUT2D eigenvalue weighted by atomic mass is 9.94. The molecule has 5 saturated heterocycles. The summed E-state index contributed by atoms with van der Waals surface area (Å²) in [5.41, 5.74) is 0. The Bertz CT molecular complexity index is 3210. The first-order chi connectivity index (χ1) is 39.5. The van der Waals surface area contributed by atoms with Crippen LogP contribution in [-0.2, 0) is 146 Å². The first-order valence-electron chi connectivity index (χ1n) is 22.9. The number of carbonyl (C=O) groups is 2. The molecule has 0 aromatic heterocycles. The molecule has 0 spiro atoms. The van der Waals surface area contributed by atoms with Gasteiger partial charge < -0.3 is 93.3 Å². The maximum absolute atomic E-state index is 12.9. The van der Waals surface area contributed by atoms with Gasteiger partial charge in [-0.2, -0.15) is 73.1 Å². The number of hydrogen-bond acceptors (Lipinski definition) is 37. The van der Waals surface area contributed by atoms with Crippen molar-refractivity contribution in [1.82, 2.24) is 14.2 Å². The van der Waals surface area contributed by atoms with Crippen LogP contribution in [0.15, 0.2) is 0 Å². The summed E-state index contributed by atoms with van der Waals surface area (Å²) in [6.45, 7) is -4.76. The lowest BCUT2D eigenvalue weighted by Gasteiger charge is -2.50. The second-order valence-electron chi connectivity index (χ2n) is 18.2. The van der Waals surface area contributed by atoms with E-state index in [1.54, 1.807) is 0 Å². The molecule has 5 rings (SSSR count). The third-order valence-corrected chi connectivity index (χ3v) is 15.7. The van der Waals surface area contributed by atoms with Gasteiger partial charge >= 0.3 is 84.4 Å². The highest BCUT2D eigenvalue weighted by Crippen LogP contribution is 2.38. The van der Waals surface area contributed by atoms with Crippen LogP contribution >= 0.6 is 0 Å². The second kappa shape index (κ2) is 28.7. The normalized spacial score (nSPS) is 39.7. The van der Waals surface area contributed by atoms with E-state index in [1.165, 1.54) is 14.2 Å². The lowest BCUT2D eigenvalue weighted by Crippen LogP contribution is -2.71. The molecule has 5 fully saturated rings. The van der Waals surface area contributed by atoms with E-state index in [4.69, 9.17) is 51.9 Å². The zero-order chi connectivity index (χ0) is 66.2. The van der Waals surface area contributed by atoms with Crippen molar-refractivity contribution in [2.45, 2.75) is 153 Å². The predicted molar refractivity (Wildman–Crippen MR) is 251 cm³/mol. The molecule has 510 valence electrons. The number of ether oxygens (including phenoxy) is 10. The standard InChI is InChI=1S/C31H53N3O46S7/c1-67-27-9(33-82(49,50)51)13(37)19(6(72-27)3-69-85(58,59)60)75-31-22(80-87(64,65)66)17(41)21(24(79-31)26(44)45)77-29-10(34-83(52,53)54)14(38)18(7(73-29)4-70-86(61,62)63)74-30-16(40)15(39)20(23(78-30)25(42)43)76-28-8(32-81(46,47)48)12(36)11(35)5(71-28)2-68-84(55,56)57/h5-24,27-41H,2-4H2,1H3,(H,42,43)(H,44,45)(H,46,47,48)(H,49,50,51)(H,52,53,54)(H,55,56,57)(H,58,59,60)(H,61,62,63)(H,64,65,66)/t5-,6-,7-,8-,9-,10-,11-,12-,13-,14-,15-,16-,17+,18-,19-,20+,21+,22-,23+,24-,27+,28-,29-,30-,31-/m1/s1. The Balaban J connectivity index is 1.52. The summed E-state index contributed by atoms with van der Waals surface area (Å²) in [4.78, 5) is 25.6. The maximum atomic E-state index is 12.9. The summed E-state index contributed by atoms with van der Waals surface area (Å²) in [6, 6.07) is -7.71. The van der Waals surface area contributed by atoms with Crippen LogP contribution in [0.5, 0.6) is 0 Å². The van der Waals surface area contributed by atoms with Crippen LogP contribution in [0.3, 0.4) is 0 Å². The fourth-order valence-electron chi connectivity index (χ4n) is 8.75. The number of carboxylic acids is 2. The van der Waals surface area contributed by atoms with E-state index < -0.39 is 258 Å². The van der Waals surface area contributed by atoms with Crippen LogP contribution in [-0.4, -0.2) is 329 Å². The molecule has 49 nitrogen and oxygen atoms in total. The summed E-state index contributed by atoms with van der Waals surface area (Å²) in [7, 11) is -38.8. The molecule has 25 atom stereocenters. The molecule has 87 heavy (non-hydrogen) atoms. The lowest BCUT2D eigenvalue weighted by molar-refractivity contribution is -0.374. The van der Waals surface area contributed by atoms with E-state index in [0.29, 0.717) is 0 Å². The molecule has 56 heteroatoms. The molecule has 0 aromatic carbocycles. The van der Waals surface area contributed by atoms with Crippen molar-refractivity contribution in [1.29, 1.82) is 0 Å². The fourth-order valence-corrected chi connectivity index (χ4v) is 11.9. The Morgan fingerprint density at radius 1 is 0.368 bits per heavy atom. The quantitative estimate of drug-likeness (QED) is 0.0324. The Morgan fingerprint density at radius 3 is 1.08 bits per heavy atom. The van der Waals surface area contributed by atoms with Gasteiger partial charge in [0.25, 0.3) is 0 Å². The minimum Gasteiger partial charge on any atom is -0.479 e. The summed E-state index contributed by atoms with van der Waals surface area (Å²) < 4.78 is 306. The Morgan fingerprint density at radius 2 is 0.701 bits per heavy atom. The molecule has 0 saturated carbocycles. The van der Waals surface area contributed by atoms with Gasteiger partial charge in [0.15, 0.2) is 49.8 Å². The van der Waals surface area contributed by atoms with Crippen LogP contribution < -0.4 is 14.2 Å². The molecule has 0 aliphatic carbocycles. The van der Waals surface area contributed by atoms with Gasteiger partial charge in [-0.1, -0.05) is 0 Å². The second-order valence-corrected chi connectivity index (χ2v) is 26.1. The number of methoxy groups -OCH3 is 1. The largest absolute Gasteiger partial charge is 0.479 e. The van der Waals surface area contributed by atoms with Crippen molar-refractivity contribution in [2.75, 3.05) is 26.9 Å². The zero-order valence-corrected chi connectivity index (χ0v) is 48.0. The number of rotatable bonds is 28. The molecule has 0 radical (unpaired) electrons. The van der Waals surface area contributed by atoms with E-state index in [9.17, 15) is 142 Å². The van der Waals surface area contributed by atoms with Crippen LogP contribution in [0.4, 0.5) is 0 Å². The number of aliphatic hydroxyl groups excluding tert-OH is 7. The van der Waals surface area contributed by atoms with E-state index in [-0.39, 0.29) is 0 Å². The topological polar surface area (TPSA) is 762 Å². The van der Waals surface area contributed by atoms with Crippen LogP contribution in [0.2, 0.25) is 0 Å². The number of nitrogens with one attached hydrogen (secondary N) is 3. The average molecular weight is 1430 g/mol. The molecular weight excluding hydrogens is 1370 g/mol. The highest BCUT2D eigenvalue weighted by Gasteiger charge is 2.60. The Kier molecular flexibility index (Phi) is 24.8. The van der Waals surface area contributed by atoms with Gasteiger partial charge in [0.2, 0.25) is 0 Å². The van der Waals surface area contributed by atoms with Crippen molar-refractivity contribution < 1.29 is 210 Å². The van der Waals surface area contributed by atoms with Crippen LogP contribution in [0, 0.1) is 0 Å². The van der Waals surface area contributed by atoms with Crippen molar-refractivity contribution in [3.63, 3.8) is 0 Å². The number of hydrogen-bond donors (Lipinski definition) is 19. The van der Waals surface area contributed by atoms with Gasteiger partial charge in [0.1, 0.15) is 104 Å². The number of carboxylic acid groups (broad SMARTS) is 2. The van der Waals surface area contributed by atoms with Gasteiger partial charge in [-0.05, 0) is 0 Å². The van der Waals surface area contributed by atoms with E-state index in [0.717, 1.165) is 7.11 Å². The summed E-state index contributed by atoms with van der Waals surface area (Å²) >= 11 is 0. The summed E-state index contributed by atoms with van der Waals surface area (Å²) in [5.74, 6) is -4.71. The molecule has 0 amide bonds. The third-order valence-electron chi connectivity index (χ3n) is 12.2. The van der Waals surface area contributed by atoms with Crippen molar-refractivity contribution in [3.05, 3.63) is 0 Å². The molecule has 0 unspecified atom stereocenters. The number of aliphatic hydroxyl groups is 7. The molecule has 5 aliphatic rings. The van der Waals surface area contributed by atoms with Crippen molar-refractivity contribution >= 4 is 84.4 Å². The number of aliphatic carboxylic acids is 2. The zero-order valence-electron chi connectivity index (χ0n) is 42.3. The van der Waals surface area contributed by atoms with Crippen molar-refractivity contribution in [3.8, 4) is 0 Å². The van der Waals surface area contributed by atoms with E-state index in [2.05, 4.69) is 16.7 Å². The predicted octanol–water partition coefficient (Wildman–Crippen LogP) is -13.6. The van der Waals surface area contributed by atoms with Gasteiger partial charge in [-0.15, -0.1) is 0 Å². The van der Waals surface area contributed by atoms with Gasteiger partial charge in [0.05, 0.1) is 19.8 Å². The van der Waals surface area contributed by atoms with Crippen molar-refractivity contribution in [2.24, 2.45) is 0 Å². The monoisotopic (exact) mass is 1430 g/mol. The molecule has 0 bridgehead atoms. The van der Waals surface area contributed by atoms with Gasteiger partial charge in [0, 0.05) is 7.11 Å². The smallest absolute Gasteiger partial charge is 0.397 e. The highest BCUT2D eigenvalue weighted by molar-refractivity contribution is 7.84. The van der Waals surface area contributed by atoms with E-state index in [1.807, 2.05) is 0 Å². The maximum Gasteiger partial charge on any atom is 0.397 e.